The number of fused-ring (bicyclic) bond motifs is 2. The summed E-state index contributed by atoms with van der Waals surface area (Å²) in [5.74, 6) is -0.0131. The van der Waals surface area contributed by atoms with E-state index in [0.29, 0.717) is 30.6 Å². The van der Waals surface area contributed by atoms with Gasteiger partial charge in [-0.1, -0.05) is 6.07 Å². The van der Waals surface area contributed by atoms with Gasteiger partial charge in [-0.3, -0.25) is 9.59 Å². The lowest BCUT2D eigenvalue weighted by Crippen LogP contribution is -1.93. The summed E-state index contributed by atoms with van der Waals surface area (Å²) in [4.78, 5) is 22.5. The van der Waals surface area contributed by atoms with Crippen molar-refractivity contribution in [3.05, 3.63) is 57.6 Å². The highest BCUT2D eigenvalue weighted by atomic mass is 16.3. The number of hydrogen-bond donors (Lipinski definition) is 2. The predicted octanol–water partition coefficient (Wildman–Crippen LogP) is 3.66. The molecule has 2 aliphatic carbocycles. The lowest BCUT2D eigenvalue weighted by Gasteiger charge is -2.03. The third-order valence-corrected chi connectivity index (χ3v) is 4.76. The summed E-state index contributed by atoms with van der Waals surface area (Å²) in [6.07, 6.45) is 2.80. The number of carbonyl (C=O) groups excluding carboxylic acids is 2. The molecular formula is C20H20O4. The number of ketones is 2. The van der Waals surface area contributed by atoms with Crippen LogP contribution < -0.4 is 0 Å². The van der Waals surface area contributed by atoms with Crippen molar-refractivity contribution in [2.24, 2.45) is 0 Å². The van der Waals surface area contributed by atoms with Crippen molar-refractivity contribution in [1.82, 2.24) is 0 Å². The molecule has 0 aromatic heterocycles. The van der Waals surface area contributed by atoms with Gasteiger partial charge in [-0.25, -0.2) is 0 Å². The summed E-state index contributed by atoms with van der Waals surface area (Å²) in [5.41, 5.74) is 6.09. The fourth-order valence-electron chi connectivity index (χ4n) is 3.19. The monoisotopic (exact) mass is 324 g/mol. The van der Waals surface area contributed by atoms with Crippen LogP contribution in [0.1, 0.15) is 55.8 Å². The second kappa shape index (κ2) is 6.11. The van der Waals surface area contributed by atoms with E-state index in [1.807, 2.05) is 6.07 Å². The number of aromatic hydroxyl groups is 2. The summed E-state index contributed by atoms with van der Waals surface area (Å²) in [6, 6.07) is 6.96. The minimum atomic E-state index is -0.219. The number of rotatable bonds is 0. The van der Waals surface area contributed by atoms with E-state index in [0.717, 1.165) is 17.5 Å². The zero-order valence-electron chi connectivity index (χ0n) is 13.8. The average Bonchev–Trinajstić information content (AvgIpc) is 3.06. The Morgan fingerprint density at radius 2 is 1.12 bits per heavy atom. The fourth-order valence-corrected chi connectivity index (χ4v) is 3.19. The van der Waals surface area contributed by atoms with E-state index in [9.17, 15) is 9.59 Å². The Morgan fingerprint density at radius 1 is 0.667 bits per heavy atom. The topological polar surface area (TPSA) is 74.6 Å². The van der Waals surface area contributed by atoms with E-state index < -0.39 is 0 Å². The first-order chi connectivity index (χ1) is 11.4. The van der Waals surface area contributed by atoms with E-state index in [4.69, 9.17) is 10.2 Å². The highest BCUT2D eigenvalue weighted by Crippen LogP contribution is 2.32. The molecule has 4 heteroatoms. The van der Waals surface area contributed by atoms with E-state index in [1.54, 1.807) is 0 Å². The molecule has 2 aromatic rings. The molecule has 0 fully saturated rings. The normalized spacial score (nSPS) is 14.9. The molecule has 2 aliphatic rings. The molecule has 4 nitrogen and oxygen atoms in total. The van der Waals surface area contributed by atoms with Gasteiger partial charge < -0.3 is 10.2 Å². The van der Waals surface area contributed by atoms with E-state index in [1.165, 1.54) is 28.8 Å². The second-order valence-corrected chi connectivity index (χ2v) is 6.44. The zero-order chi connectivity index (χ0) is 17.4. The molecule has 0 heterocycles. The Morgan fingerprint density at radius 3 is 1.75 bits per heavy atom. The molecule has 0 unspecified atom stereocenters. The van der Waals surface area contributed by atoms with Crippen LogP contribution in [0.25, 0.3) is 0 Å². The first-order valence-corrected chi connectivity index (χ1v) is 8.08. The fraction of sp³-hybridized carbons (Fsp3) is 0.300. The molecule has 124 valence electrons. The molecule has 0 radical (unpaired) electrons. The molecule has 0 saturated heterocycles. The molecule has 2 N–H and O–H groups in total. The summed E-state index contributed by atoms with van der Waals surface area (Å²) < 4.78 is 0. The number of carbonyl (C=O) groups is 2. The Labute approximate surface area is 140 Å². The Bertz CT molecular complexity index is 778. The molecular weight excluding hydrogens is 304 g/mol. The lowest BCUT2D eigenvalue weighted by atomic mass is 10.0. The predicted molar refractivity (Wildman–Crippen MR) is 91.0 cm³/mol. The van der Waals surface area contributed by atoms with Crippen LogP contribution in [0.2, 0.25) is 0 Å². The van der Waals surface area contributed by atoms with Crippen LogP contribution in [-0.4, -0.2) is 21.8 Å². The summed E-state index contributed by atoms with van der Waals surface area (Å²) >= 11 is 0. The maximum Gasteiger partial charge on any atom is 0.163 e. The van der Waals surface area contributed by atoms with Gasteiger partial charge >= 0.3 is 0 Å². The van der Waals surface area contributed by atoms with Crippen molar-refractivity contribution in [3.63, 3.8) is 0 Å². The molecule has 4 rings (SSSR count). The number of benzene rings is 2. The second-order valence-electron chi connectivity index (χ2n) is 6.44. The smallest absolute Gasteiger partial charge is 0.163 e. The van der Waals surface area contributed by atoms with Crippen LogP contribution >= 0.6 is 0 Å². The SMILES string of the molecule is Cc1cc2c(cc1C)C(=O)CC2.O=C1CCc2cc(O)c(O)cc21. The molecule has 0 spiro atoms. The highest BCUT2D eigenvalue weighted by molar-refractivity contribution is 6.01. The van der Waals surface area contributed by atoms with E-state index in [-0.39, 0.29) is 17.3 Å². The third-order valence-electron chi connectivity index (χ3n) is 4.76. The van der Waals surface area contributed by atoms with Crippen molar-refractivity contribution in [3.8, 4) is 11.5 Å². The number of aryl methyl sites for hydroxylation is 4. The highest BCUT2D eigenvalue weighted by Gasteiger charge is 2.21. The van der Waals surface area contributed by atoms with Gasteiger partial charge in [0.15, 0.2) is 23.1 Å². The van der Waals surface area contributed by atoms with Gasteiger partial charge in [0, 0.05) is 24.0 Å². The first kappa shape index (κ1) is 16.2. The van der Waals surface area contributed by atoms with Crippen molar-refractivity contribution in [2.45, 2.75) is 39.5 Å². The Kier molecular flexibility index (Phi) is 4.14. The van der Waals surface area contributed by atoms with E-state index >= 15 is 0 Å². The summed E-state index contributed by atoms with van der Waals surface area (Å²) in [7, 11) is 0. The largest absolute Gasteiger partial charge is 0.504 e. The Balaban J connectivity index is 0.000000141. The Hall–Kier alpha value is -2.62. The molecule has 0 aliphatic heterocycles. The minimum Gasteiger partial charge on any atom is -0.504 e. The average molecular weight is 324 g/mol. The van der Waals surface area contributed by atoms with Crippen molar-refractivity contribution >= 4 is 11.6 Å². The molecule has 2 aromatic carbocycles. The van der Waals surface area contributed by atoms with Crippen molar-refractivity contribution in [2.75, 3.05) is 0 Å². The quantitative estimate of drug-likeness (QED) is 0.725. The molecule has 0 saturated carbocycles. The van der Waals surface area contributed by atoms with Crippen LogP contribution in [0.15, 0.2) is 24.3 Å². The van der Waals surface area contributed by atoms with Gasteiger partial charge in [-0.2, -0.15) is 0 Å². The van der Waals surface area contributed by atoms with Gasteiger partial charge in [-0.15, -0.1) is 0 Å². The minimum absolute atomic E-state index is 0.0419. The van der Waals surface area contributed by atoms with E-state index in [2.05, 4.69) is 19.9 Å². The number of phenolic OH excluding ortho intramolecular Hbond substituents is 2. The van der Waals surface area contributed by atoms with Crippen LogP contribution in [0.5, 0.6) is 11.5 Å². The van der Waals surface area contributed by atoms with Crippen LogP contribution in [0, 0.1) is 13.8 Å². The number of Topliss-reactive ketones (excluding diaryl/α,β-unsaturated/α-hetero) is 2. The standard InChI is InChI=1S/C11H12O.C9H8O3/c1-7-5-9-3-4-11(12)10(9)6-8(7)2;10-7-2-1-5-3-8(11)9(12)4-6(5)7/h5-6H,3-4H2,1-2H3;3-4,11-12H,1-2H2. The van der Waals surface area contributed by atoms with Gasteiger partial charge in [0.05, 0.1) is 0 Å². The molecule has 0 bridgehead atoms. The maximum absolute atomic E-state index is 11.3. The van der Waals surface area contributed by atoms with Gasteiger partial charge in [0.25, 0.3) is 0 Å². The van der Waals surface area contributed by atoms with Gasteiger partial charge in [0.2, 0.25) is 0 Å². The first-order valence-electron chi connectivity index (χ1n) is 8.08. The third kappa shape index (κ3) is 2.92. The summed E-state index contributed by atoms with van der Waals surface area (Å²) in [5, 5.41) is 18.2. The molecule has 24 heavy (non-hydrogen) atoms. The zero-order valence-corrected chi connectivity index (χ0v) is 13.8. The van der Waals surface area contributed by atoms with Gasteiger partial charge in [-0.05, 0) is 67.1 Å². The number of phenols is 2. The van der Waals surface area contributed by atoms with Crippen LogP contribution in [0.3, 0.4) is 0 Å². The summed E-state index contributed by atoms with van der Waals surface area (Å²) in [6.45, 7) is 4.15. The lowest BCUT2D eigenvalue weighted by molar-refractivity contribution is 0.0986. The molecule has 0 atom stereocenters. The number of hydrogen-bond acceptors (Lipinski definition) is 4. The van der Waals surface area contributed by atoms with Crippen molar-refractivity contribution in [1.29, 1.82) is 0 Å². The van der Waals surface area contributed by atoms with Crippen LogP contribution in [-0.2, 0) is 12.8 Å². The van der Waals surface area contributed by atoms with Crippen molar-refractivity contribution < 1.29 is 19.8 Å². The van der Waals surface area contributed by atoms with Gasteiger partial charge in [0.1, 0.15) is 0 Å². The maximum atomic E-state index is 11.3. The van der Waals surface area contributed by atoms with Crippen LogP contribution in [0.4, 0.5) is 0 Å². The molecule has 0 amide bonds.